The van der Waals surface area contributed by atoms with Crippen LogP contribution in [0.2, 0.25) is 0 Å². The summed E-state index contributed by atoms with van der Waals surface area (Å²) in [4.78, 5) is 12.9. The Hall–Kier alpha value is -1.55. The van der Waals surface area contributed by atoms with Crippen LogP contribution in [0.3, 0.4) is 0 Å². The van der Waals surface area contributed by atoms with E-state index in [0.29, 0.717) is 6.42 Å². The van der Waals surface area contributed by atoms with Gasteiger partial charge in [0.05, 0.1) is 5.60 Å². The summed E-state index contributed by atoms with van der Waals surface area (Å²) in [7, 11) is 1.72. The number of carboxylic acids is 1. The third-order valence-electron chi connectivity index (χ3n) is 3.48. The summed E-state index contributed by atoms with van der Waals surface area (Å²) in [6.07, 6.45) is 1.75. The monoisotopic (exact) mass is 279 g/mol. The number of anilines is 1. The molecule has 1 aromatic rings. The molecule has 1 rings (SSSR count). The molecule has 0 saturated carbocycles. The van der Waals surface area contributed by atoms with E-state index in [1.54, 1.807) is 7.11 Å². The van der Waals surface area contributed by atoms with Crippen LogP contribution >= 0.6 is 0 Å². The molecule has 0 fully saturated rings. The second-order valence-electron chi connectivity index (χ2n) is 5.53. The third kappa shape index (κ3) is 6.06. The van der Waals surface area contributed by atoms with Gasteiger partial charge in [-0.05, 0) is 38.8 Å². The maximum atomic E-state index is 10.6. The van der Waals surface area contributed by atoms with E-state index >= 15 is 0 Å². The second-order valence-corrected chi connectivity index (χ2v) is 5.53. The number of para-hydroxylation sites is 1. The van der Waals surface area contributed by atoms with Crippen molar-refractivity contribution in [2.45, 2.75) is 38.7 Å². The molecule has 20 heavy (non-hydrogen) atoms. The van der Waals surface area contributed by atoms with Gasteiger partial charge in [0.25, 0.3) is 0 Å². The topological polar surface area (TPSA) is 49.8 Å². The van der Waals surface area contributed by atoms with Crippen LogP contribution in [0.5, 0.6) is 0 Å². The molecule has 0 radical (unpaired) electrons. The zero-order valence-electron chi connectivity index (χ0n) is 12.6. The van der Waals surface area contributed by atoms with Gasteiger partial charge in [0.15, 0.2) is 0 Å². The SMILES string of the molecule is COC(C)(C)CCN(CCCC(=O)O)c1ccccc1. The van der Waals surface area contributed by atoms with Gasteiger partial charge in [0, 0.05) is 32.3 Å². The van der Waals surface area contributed by atoms with Crippen LogP contribution < -0.4 is 4.90 Å². The zero-order valence-corrected chi connectivity index (χ0v) is 12.6. The smallest absolute Gasteiger partial charge is 0.303 e. The highest BCUT2D eigenvalue weighted by Crippen LogP contribution is 2.19. The van der Waals surface area contributed by atoms with E-state index in [9.17, 15) is 4.79 Å². The van der Waals surface area contributed by atoms with Gasteiger partial charge < -0.3 is 14.7 Å². The number of carboxylic acid groups (broad SMARTS) is 1. The van der Waals surface area contributed by atoms with Crippen molar-refractivity contribution in [2.24, 2.45) is 0 Å². The Labute approximate surface area is 121 Å². The van der Waals surface area contributed by atoms with Gasteiger partial charge in [-0.15, -0.1) is 0 Å². The van der Waals surface area contributed by atoms with Crippen LogP contribution in [0.15, 0.2) is 30.3 Å². The number of ether oxygens (including phenoxy) is 1. The van der Waals surface area contributed by atoms with Crippen molar-refractivity contribution in [1.29, 1.82) is 0 Å². The van der Waals surface area contributed by atoms with Crippen molar-refractivity contribution in [3.05, 3.63) is 30.3 Å². The maximum absolute atomic E-state index is 10.6. The first-order valence-electron chi connectivity index (χ1n) is 7.01. The van der Waals surface area contributed by atoms with Gasteiger partial charge in [0.1, 0.15) is 0 Å². The number of hydrogen-bond acceptors (Lipinski definition) is 3. The summed E-state index contributed by atoms with van der Waals surface area (Å²) >= 11 is 0. The molecule has 0 aliphatic rings. The molecule has 0 amide bonds. The van der Waals surface area contributed by atoms with E-state index in [-0.39, 0.29) is 12.0 Å². The summed E-state index contributed by atoms with van der Waals surface area (Å²) in [5.74, 6) is -0.741. The number of methoxy groups -OCH3 is 1. The number of hydrogen-bond donors (Lipinski definition) is 1. The Bertz CT molecular complexity index is 403. The fourth-order valence-electron chi connectivity index (χ4n) is 1.94. The van der Waals surface area contributed by atoms with Crippen molar-refractivity contribution >= 4 is 11.7 Å². The van der Waals surface area contributed by atoms with Gasteiger partial charge >= 0.3 is 5.97 Å². The molecule has 0 aromatic heterocycles. The van der Waals surface area contributed by atoms with Crippen LogP contribution in [0.1, 0.15) is 33.1 Å². The molecule has 0 aliphatic carbocycles. The molecule has 4 heteroatoms. The van der Waals surface area contributed by atoms with Crippen molar-refractivity contribution in [1.82, 2.24) is 0 Å². The lowest BCUT2D eigenvalue weighted by molar-refractivity contribution is -0.137. The molecule has 4 nitrogen and oxygen atoms in total. The molecule has 0 heterocycles. The highest BCUT2D eigenvalue weighted by molar-refractivity contribution is 5.66. The van der Waals surface area contributed by atoms with E-state index < -0.39 is 5.97 Å². The van der Waals surface area contributed by atoms with Crippen molar-refractivity contribution in [3.63, 3.8) is 0 Å². The highest BCUT2D eigenvalue weighted by atomic mass is 16.5. The summed E-state index contributed by atoms with van der Waals surface area (Å²) in [6.45, 7) is 5.72. The molecular formula is C16H25NO3. The largest absolute Gasteiger partial charge is 0.481 e. The predicted molar refractivity (Wildman–Crippen MR) is 81.2 cm³/mol. The molecule has 0 spiro atoms. The summed E-state index contributed by atoms with van der Waals surface area (Å²) in [5.41, 5.74) is 0.963. The van der Waals surface area contributed by atoms with Crippen LogP contribution in [-0.4, -0.2) is 36.9 Å². The Morgan fingerprint density at radius 2 is 1.90 bits per heavy atom. The molecule has 0 bridgehead atoms. The van der Waals surface area contributed by atoms with Crippen LogP contribution in [0, 0.1) is 0 Å². The van der Waals surface area contributed by atoms with Gasteiger partial charge in [-0.3, -0.25) is 4.79 Å². The number of rotatable bonds is 9. The Morgan fingerprint density at radius 3 is 2.45 bits per heavy atom. The lowest BCUT2D eigenvalue weighted by atomic mass is 10.0. The van der Waals surface area contributed by atoms with E-state index in [1.807, 2.05) is 18.2 Å². The Kier molecular flexibility index (Phi) is 6.52. The van der Waals surface area contributed by atoms with Gasteiger partial charge in [0.2, 0.25) is 0 Å². The van der Waals surface area contributed by atoms with E-state index in [2.05, 4.69) is 30.9 Å². The van der Waals surface area contributed by atoms with E-state index in [4.69, 9.17) is 9.84 Å². The molecule has 1 N–H and O–H groups in total. The Balaban J connectivity index is 2.62. The minimum Gasteiger partial charge on any atom is -0.481 e. The van der Waals surface area contributed by atoms with Crippen molar-refractivity contribution in [3.8, 4) is 0 Å². The molecule has 1 aromatic carbocycles. The van der Waals surface area contributed by atoms with Crippen molar-refractivity contribution < 1.29 is 14.6 Å². The molecular weight excluding hydrogens is 254 g/mol. The quantitative estimate of drug-likeness (QED) is 0.754. The molecule has 112 valence electrons. The fraction of sp³-hybridized carbons (Fsp3) is 0.562. The standard InChI is InChI=1S/C16H25NO3/c1-16(2,20-3)11-13-17(12-7-10-15(18)19)14-8-5-4-6-9-14/h4-6,8-9H,7,10-13H2,1-3H3,(H,18,19). The van der Waals surface area contributed by atoms with Crippen LogP contribution in [-0.2, 0) is 9.53 Å². The van der Waals surface area contributed by atoms with Crippen LogP contribution in [0.4, 0.5) is 5.69 Å². The number of nitrogens with zero attached hydrogens (tertiary/aromatic N) is 1. The number of aliphatic carboxylic acids is 1. The summed E-state index contributed by atoms with van der Waals surface area (Å²) < 4.78 is 5.45. The van der Waals surface area contributed by atoms with Crippen molar-refractivity contribution in [2.75, 3.05) is 25.1 Å². The lowest BCUT2D eigenvalue weighted by Crippen LogP contribution is -2.33. The summed E-state index contributed by atoms with van der Waals surface area (Å²) in [5, 5.41) is 8.76. The average molecular weight is 279 g/mol. The van der Waals surface area contributed by atoms with E-state index in [1.165, 1.54) is 0 Å². The average Bonchev–Trinajstić information content (AvgIpc) is 2.43. The maximum Gasteiger partial charge on any atom is 0.303 e. The first-order chi connectivity index (χ1) is 9.44. The molecule has 0 saturated heterocycles. The molecule has 0 unspecified atom stereocenters. The first kappa shape index (κ1) is 16.5. The summed E-state index contributed by atoms with van der Waals surface area (Å²) in [6, 6.07) is 10.1. The van der Waals surface area contributed by atoms with Gasteiger partial charge in [-0.2, -0.15) is 0 Å². The first-order valence-corrected chi connectivity index (χ1v) is 7.01. The highest BCUT2D eigenvalue weighted by Gasteiger charge is 2.18. The normalized spacial score (nSPS) is 11.3. The number of carbonyl (C=O) groups is 1. The third-order valence-corrected chi connectivity index (χ3v) is 3.48. The number of benzene rings is 1. The molecule has 0 atom stereocenters. The zero-order chi connectivity index (χ0) is 15.0. The Morgan fingerprint density at radius 1 is 1.25 bits per heavy atom. The molecule has 0 aliphatic heterocycles. The van der Waals surface area contributed by atoms with Gasteiger partial charge in [-0.1, -0.05) is 18.2 Å². The van der Waals surface area contributed by atoms with E-state index in [0.717, 1.165) is 25.2 Å². The minimum absolute atomic E-state index is 0.167. The van der Waals surface area contributed by atoms with Crippen LogP contribution in [0.25, 0.3) is 0 Å². The van der Waals surface area contributed by atoms with Gasteiger partial charge in [-0.25, -0.2) is 0 Å². The predicted octanol–water partition coefficient (Wildman–Crippen LogP) is 3.17. The minimum atomic E-state index is -0.741. The second kappa shape index (κ2) is 7.90. The fourth-order valence-corrected chi connectivity index (χ4v) is 1.94. The lowest BCUT2D eigenvalue weighted by Gasteiger charge is -2.30.